The molecular formula is C15H23NO. The summed E-state index contributed by atoms with van der Waals surface area (Å²) >= 11 is 0. The van der Waals surface area contributed by atoms with Crippen LogP contribution in [0.2, 0.25) is 0 Å². The zero-order chi connectivity index (χ0) is 12.1. The summed E-state index contributed by atoms with van der Waals surface area (Å²) < 4.78 is 0. The maximum Gasteiger partial charge on any atom is 0.0445 e. The SMILES string of the molecule is CCC(CCO)NCc1ccc(C2CC2)cc1. The Morgan fingerprint density at radius 1 is 1.29 bits per heavy atom. The quantitative estimate of drug-likeness (QED) is 0.759. The Labute approximate surface area is 104 Å². The molecule has 0 aromatic heterocycles. The lowest BCUT2D eigenvalue weighted by Crippen LogP contribution is -2.28. The molecule has 1 fully saturated rings. The Bertz CT molecular complexity index is 329. The molecule has 94 valence electrons. The number of aliphatic hydroxyl groups is 1. The first kappa shape index (κ1) is 12.6. The fraction of sp³-hybridized carbons (Fsp3) is 0.600. The summed E-state index contributed by atoms with van der Waals surface area (Å²) in [4.78, 5) is 0. The van der Waals surface area contributed by atoms with E-state index in [1.54, 1.807) is 0 Å². The first-order chi connectivity index (χ1) is 8.33. The van der Waals surface area contributed by atoms with Gasteiger partial charge in [0.15, 0.2) is 0 Å². The van der Waals surface area contributed by atoms with E-state index in [9.17, 15) is 0 Å². The second-order valence-electron chi connectivity index (χ2n) is 5.01. The van der Waals surface area contributed by atoms with Gasteiger partial charge >= 0.3 is 0 Å². The monoisotopic (exact) mass is 233 g/mol. The second-order valence-corrected chi connectivity index (χ2v) is 5.01. The van der Waals surface area contributed by atoms with Crippen molar-refractivity contribution in [3.8, 4) is 0 Å². The van der Waals surface area contributed by atoms with Crippen molar-refractivity contribution in [2.24, 2.45) is 0 Å². The van der Waals surface area contributed by atoms with E-state index in [1.807, 2.05) is 0 Å². The Balaban J connectivity index is 1.81. The Hall–Kier alpha value is -0.860. The Morgan fingerprint density at radius 3 is 2.53 bits per heavy atom. The van der Waals surface area contributed by atoms with Gasteiger partial charge in [-0.1, -0.05) is 31.2 Å². The molecule has 0 aliphatic heterocycles. The van der Waals surface area contributed by atoms with Gasteiger partial charge in [0.25, 0.3) is 0 Å². The Kier molecular flexibility index (Phi) is 4.57. The highest BCUT2D eigenvalue weighted by molar-refractivity contribution is 5.27. The molecule has 1 unspecified atom stereocenters. The van der Waals surface area contributed by atoms with E-state index in [4.69, 9.17) is 5.11 Å². The van der Waals surface area contributed by atoms with Crippen LogP contribution in [-0.2, 0) is 6.54 Å². The topological polar surface area (TPSA) is 32.3 Å². The first-order valence-electron chi connectivity index (χ1n) is 6.76. The van der Waals surface area contributed by atoms with Crippen LogP contribution in [0.25, 0.3) is 0 Å². The number of hydrogen-bond acceptors (Lipinski definition) is 2. The van der Waals surface area contributed by atoms with E-state index in [0.29, 0.717) is 6.04 Å². The van der Waals surface area contributed by atoms with Crippen LogP contribution in [0.3, 0.4) is 0 Å². The predicted octanol–water partition coefficient (Wildman–Crippen LogP) is 2.81. The third-order valence-electron chi connectivity index (χ3n) is 3.59. The van der Waals surface area contributed by atoms with Crippen molar-refractivity contribution >= 4 is 0 Å². The molecule has 1 aromatic rings. The van der Waals surface area contributed by atoms with Crippen molar-refractivity contribution in [1.29, 1.82) is 0 Å². The smallest absolute Gasteiger partial charge is 0.0445 e. The first-order valence-corrected chi connectivity index (χ1v) is 6.76. The highest BCUT2D eigenvalue weighted by atomic mass is 16.3. The molecule has 1 aliphatic rings. The van der Waals surface area contributed by atoms with Crippen molar-refractivity contribution in [1.82, 2.24) is 5.32 Å². The molecule has 1 aromatic carbocycles. The fourth-order valence-corrected chi connectivity index (χ4v) is 2.19. The van der Waals surface area contributed by atoms with E-state index in [-0.39, 0.29) is 6.61 Å². The predicted molar refractivity (Wildman–Crippen MR) is 71.0 cm³/mol. The minimum Gasteiger partial charge on any atom is -0.396 e. The molecule has 0 spiro atoms. The summed E-state index contributed by atoms with van der Waals surface area (Å²) in [5.41, 5.74) is 2.84. The molecule has 1 saturated carbocycles. The maximum atomic E-state index is 8.93. The van der Waals surface area contributed by atoms with Gasteiger partial charge in [0.05, 0.1) is 0 Å². The third kappa shape index (κ3) is 3.83. The van der Waals surface area contributed by atoms with E-state index in [0.717, 1.165) is 25.3 Å². The van der Waals surface area contributed by atoms with E-state index in [1.165, 1.54) is 24.0 Å². The number of nitrogens with one attached hydrogen (secondary N) is 1. The number of hydrogen-bond donors (Lipinski definition) is 2. The van der Waals surface area contributed by atoms with Crippen LogP contribution in [-0.4, -0.2) is 17.8 Å². The summed E-state index contributed by atoms with van der Waals surface area (Å²) in [5.74, 6) is 0.842. The number of aliphatic hydroxyl groups excluding tert-OH is 1. The average Bonchev–Trinajstić information content (AvgIpc) is 3.19. The standard InChI is InChI=1S/C15H23NO/c1-2-15(9-10-17)16-11-12-3-5-13(6-4-12)14-7-8-14/h3-6,14-17H,2,7-11H2,1H3. The van der Waals surface area contributed by atoms with E-state index in [2.05, 4.69) is 36.5 Å². The zero-order valence-corrected chi connectivity index (χ0v) is 10.7. The highest BCUT2D eigenvalue weighted by Gasteiger charge is 2.22. The van der Waals surface area contributed by atoms with Crippen LogP contribution in [0.1, 0.15) is 49.7 Å². The molecule has 0 heterocycles. The van der Waals surface area contributed by atoms with Gasteiger partial charge in [0, 0.05) is 19.2 Å². The lowest BCUT2D eigenvalue weighted by Gasteiger charge is -2.15. The lowest BCUT2D eigenvalue weighted by atomic mass is 10.1. The highest BCUT2D eigenvalue weighted by Crippen LogP contribution is 2.39. The molecule has 2 rings (SSSR count). The number of rotatable bonds is 7. The molecule has 2 heteroatoms. The summed E-state index contributed by atoms with van der Waals surface area (Å²) in [6.07, 6.45) is 4.65. The minimum absolute atomic E-state index is 0.270. The molecule has 1 aliphatic carbocycles. The fourth-order valence-electron chi connectivity index (χ4n) is 2.19. The van der Waals surface area contributed by atoms with Crippen LogP contribution in [0.15, 0.2) is 24.3 Å². The van der Waals surface area contributed by atoms with Crippen LogP contribution in [0, 0.1) is 0 Å². The van der Waals surface area contributed by atoms with E-state index >= 15 is 0 Å². The van der Waals surface area contributed by atoms with Crippen molar-refractivity contribution in [2.75, 3.05) is 6.61 Å². The minimum atomic E-state index is 0.270. The van der Waals surface area contributed by atoms with Crippen molar-refractivity contribution in [3.05, 3.63) is 35.4 Å². The van der Waals surface area contributed by atoms with Crippen LogP contribution in [0.5, 0.6) is 0 Å². The normalized spacial score (nSPS) is 17.1. The Morgan fingerprint density at radius 2 is 2.00 bits per heavy atom. The summed E-state index contributed by atoms with van der Waals surface area (Å²) in [5, 5.41) is 12.4. The molecule has 0 bridgehead atoms. The lowest BCUT2D eigenvalue weighted by molar-refractivity contribution is 0.262. The van der Waals surface area contributed by atoms with Gasteiger partial charge in [-0.2, -0.15) is 0 Å². The van der Waals surface area contributed by atoms with Crippen molar-refractivity contribution < 1.29 is 5.11 Å². The number of benzene rings is 1. The van der Waals surface area contributed by atoms with Crippen LogP contribution < -0.4 is 5.32 Å². The summed E-state index contributed by atoms with van der Waals surface area (Å²) in [6, 6.07) is 9.42. The molecule has 0 saturated heterocycles. The molecule has 2 N–H and O–H groups in total. The molecule has 2 nitrogen and oxygen atoms in total. The third-order valence-corrected chi connectivity index (χ3v) is 3.59. The zero-order valence-electron chi connectivity index (χ0n) is 10.7. The summed E-state index contributed by atoms with van der Waals surface area (Å²) in [7, 11) is 0. The van der Waals surface area contributed by atoms with Gasteiger partial charge in [-0.05, 0) is 42.7 Å². The van der Waals surface area contributed by atoms with Gasteiger partial charge in [0.1, 0.15) is 0 Å². The van der Waals surface area contributed by atoms with Crippen molar-refractivity contribution in [3.63, 3.8) is 0 Å². The molecule has 17 heavy (non-hydrogen) atoms. The van der Waals surface area contributed by atoms with Gasteiger partial charge < -0.3 is 10.4 Å². The summed E-state index contributed by atoms with van der Waals surface area (Å²) in [6.45, 7) is 3.33. The molecule has 1 atom stereocenters. The van der Waals surface area contributed by atoms with Gasteiger partial charge in [0.2, 0.25) is 0 Å². The second kappa shape index (κ2) is 6.18. The van der Waals surface area contributed by atoms with Gasteiger partial charge in [-0.15, -0.1) is 0 Å². The van der Waals surface area contributed by atoms with Gasteiger partial charge in [-0.3, -0.25) is 0 Å². The molecule has 0 amide bonds. The largest absolute Gasteiger partial charge is 0.396 e. The van der Waals surface area contributed by atoms with Crippen LogP contribution >= 0.6 is 0 Å². The maximum absolute atomic E-state index is 8.93. The van der Waals surface area contributed by atoms with Crippen LogP contribution in [0.4, 0.5) is 0 Å². The molecule has 0 radical (unpaired) electrons. The molecular weight excluding hydrogens is 210 g/mol. The average molecular weight is 233 g/mol. The van der Waals surface area contributed by atoms with Gasteiger partial charge in [-0.25, -0.2) is 0 Å². The van der Waals surface area contributed by atoms with E-state index < -0.39 is 0 Å². The van der Waals surface area contributed by atoms with Crippen molar-refractivity contribution in [2.45, 2.75) is 51.1 Å².